The number of ether oxygens (including phenoxy) is 1. The van der Waals surface area contributed by atoms with Gasteiger partial charge in [0.15, 0.2) is 0 Å². The second kappa shape index (κ2) is 9.05. The van der Waals surface area contributed by atoms with Gasteiger partial charge in [0, 0.05) is 26.3 Å². The van der Waals surface area contributed by atoms with E-state index in [9.17, 15) is 13.2 Å². The van der Waals surface area contributed by atoms with Crippen molar-refractivity contribution in [2.45, 2.75) is 24.3 Å². The van der Waals surface area contributed by atoms with Crippen LogP contribution in [0.1, 0.15) is 28.8 Å². The molecule has 0 radical (unpaired) electrons. The van der Waals surface area contributed by atoms with Gasteiger partial charge < -0.3 is 9.84 Å². The Hall–Kier alpha value is -1.93. The molecule has 8 heteroatoms. The van der Waals surface area contributed by atoms with E-state index in [1.807, 2.05) is 0 Å². The number of carboxylic acids is 1. The van der Waals surface area contributed by atoms with Crippen molar-refractivity contribution in [3.63, 3.8) is 0 Å². The van der Waals surface area contributed by atoms with Gasteiger partial charge in [-0.25, -0.2) is 13.2 Å². The first-order valence-corrected chi connectivity index (χ1v) is 10.8. The standard InChI is InChI=1S/C20H22ClNO5S/c21-18-3-1-2-4-19(18)28(25,26)22(14-16-9-11-27-12-10-16)13-15-5-7-17(8-6-15)20(23)24/h1-8,16H,9-14H2,(H,23,24). The maximum absolute atomic E-state index is 13.3. The van der Waals surface area contributed by atoms with Gasteiger partial charge >= 0.3 is 5.97 Å². The van der Waals surface area contributed by atoms with Gasteiger partial charge in [0.2, 0.25) is 10.0 Å². The molecule has 1 saturated heterocycles. The van der Waals surface area contributed by atoms with Crippen LogP contribution in [0.4, 0.5) is 0 Å². The summed E-state index contributed by atoms with van der Waals surface area (Å²) < 4.78 is 33.5. The molecule has 2 aromatic rings. The Balaban J connectivity index is 1.90. The predicted octanol–water partition coefficient (Wildman–Crippen LogP) is 3.66. The average molecular weight is 424 g/mol. The SMILES string of the molecule is O=C(O)c1ccc(CN(CC2CCOCC2)S(=O)(=O)c2ccccc2Cl)cc1. The van der Waals surface area contributed by atoms with E-state index in [0.29, 0.717) is 25.3 Å². The minimum Gasteiger partial charge on any atom is -0.478 e. The van der Waals surface area contributed by atoms with Gasteiger partial charge in [-0.1, -0.05) is 35.9 Å². The number of benzene rings is 2. The number of aromatic carboxylic acids is 1. The average Bonchev–Trinajstić information content (AvgIpc) is 2.69. The highest BCUT2D eigenvalue weighted by Crippen LogP contribution is 2.28. The fourth-order valence-electron chi connectivity index (χ4n) is 3.21. The number of hydrogen-bond donors (Lipinski definition) is 1. The molecular formula is C20H22ClNO5S. The third kappa shape index (κ3) is 4.91. The molecule has 0 bridgehead atoms. The normalized spacial score (nSPS) is 15.6. The van der Waals surface area contributed by atoms with Crippen molar-refractivity contribution < 1.29 is 23.1 Å². The van der Waals surface area contributed by atoms with Crippen LogP contribution in [-0.2, 0) is 21.3 Å². The van der Waals surface area contributed by atoms with E-state index in [1.54, 1.807) is 30.3 Å². The largest absolute Gasteiger partial charge is 0.478 e. The van der Waals surface area contributed by atoms with Crippen LogP contribution >= 0.6 is 11.6 Å². The number of carbonyl (C=O) groups is 1. The number of hydrogen-bond acceptors (Lipinski definition) is 4. The van der Waals surface area contributed by atoms with E-state index >= 15 is 0 Å². The van der Waals surface area contributed by atoms with Crippen molar-refractivity contribution in [3.05, 3.63) is 64.7 Å². The van der Waals surface area contributed by atoms with Gasteiger partial charge in [0.1, 0.15) is 4.90 Å². The first-order chi connectivity index (χ1) is 13.4. The van der Waals surface area contributed by atoms with Gasteiger partial charge in [-0.15, -0.1) is 0 Å². The predicted molar refractivity (Wildman–Crippen MR) is 106 cm³/mol. The van der Waals surface area contributed by atoms with Crippen molar-refractivity contribution in [1.82, 2.24) is 4.31 Å². The van der Waals surface area contributed by atoms with E-state index < -0.39 is 16.0 Å². The third-order valence-electron chi connectivity index (χ3n) is 4.82. The fraction of sp³-hybridized carbons (Fsp3) is 0.350. The lowest BCUT2D eigenvalue weighted by Crippen LogP contribution is -2.37. The van der Waals surface area contributed by atoms with Crippen LogP contribution in [-0.4, -0.2) is 43.6 Å². The second-order valence-corrected chi connectivity index (χ2v) is 9.10. The molecule has 0 saturated carbocycles. The first-order valence-electron chi connectivity index (χ1n) is 9.02. The van der Waals surface area contributed by atoms with Crippen LogP contribution in [0.15, 0.2) is 53.4 Å². The number of halogens is 1. The number of nitrogens with zero attached hydrogens (tertiary/aromatic N) is 1. The summed E-state index contributed by atoms with van der Waals surface area (Å²) in [4.78, 5) is 11.1. The Morgan fingerprint density at radius 2 is 1.75 bits per heavy atom. The molecule has 150 valence electrons. The molecule has 1 aliphatic rings. The molecule has 0 spiro atoms. The second-order valence-electron chi connectivity index (χ2n) is 6.79. The minimum absolute atomic E-state index is 0.0749. The monoisotopic (exact) mass is 423 g/mol. The van der Waals surface area contributed by atoms with Crippen molar-refractivity contribution >= 4 is 27.6 Å². The van der Waals surface area contributed by atoms with E-state index in [4.69, 9.17) is 21.4 Å². The lowest BCUT2D eigenvalue weighted by Gasteiger charge is -2.29. The maximum Gasteiger partial charge on any atom is 0.335 e. The molecule has 1 heterocycles. The third-order valence-corrected chi connectivity index (χ3v) is 7.13. The molecule has 1 N–H and O–H groups in total. The molecule has 0 amide bonds. The van der Waals surface area contributed by atoms with Crippen molar-refractivity contribution in [2.75, 3.05) is 19.8 Å². The summed E-state index contributed by atoms with van der Waals surface area (Å²) in [5.41, 5.74) is 0.876. The fourth-order valence-corrected chi connectivity index (χ4v) is 5.21. The van der Waals surface area contributed by atoms with Gasteiger partial charge in [0.05, 0.1) is 10.6 Å². The summed E-state index contributed by atoms with van der Waals surface area (Å²) in [6, 6.07) is 12.6. The highest BCUT2D eigenvalue weighted by molar-refractivity contribution is 7.89. The topological polar surface area (TPSA) is 83.9 Å². The molecule has 0 unspecified atom stereocenters. The summed E-state index contributed by atoms with van der Waals surface area (Å²) >= 11 is 6.16. The zero-order valence-electron chi connectivity index (χ0n) is 15.3. The molecular weight excluding hydrogens is 402 g/mol. The van der Waals surface area contributed by atoms with E-state index in [-0.39, 0.29) is 27.9 Å². The van der Waals surface area contributed by atoms with Gasteiger partial charge in [-0.3, -0.25) is 0 Å². The molecule has 28 heavy (non-hydrogen) atoms. The van der Waals surface area contributed by atoms with Crippen LogP contribution in [0.5, 0.6) is 0 Å². The Morgan fingerprint density at radius 3 is 2.36 bits per heavy atom. The highest BCUT2D eigenvalue weighted by atomic mass is 35.5. The summed E-state index contributed by atoms with van der Waals surface area (Å²) in [5, 5.41) is 9.23. The van der Waals surface area contributed by atoms with Crippen LogP contribution in [0.25, 0.3) is 0 Å². The molecule has 3 rings (SSSR count). The zero-order valence-corrected chi connectivity index (χ0v) is 16.8. The first kappa shape index (κ1) is 20.8. The van der Waals surface area contributed by atoms with Gasteiger partial charge in [-0.05, 0) is 48.6 Å². The van der Waals surface area contributed by atoms with Crippen LogP contribution in [0.3, 0.4) is 0 Å². The molecule has 0 aliphatic carbocycles. The highest BCUT2D eigenvalue weighted by Gasteiger charge is 2.29. The van der Waals surface area contributed by atoms with Crippen molar-refractivity contribution in [3.8, 4) is 0 Å². The maximum atomic E-state index is 13.3. The smallest absolute Gasteiger partial charge is 0.335 e. The molecule has 6 nitrogen and oxygen atoms in total. The molecule has 0 atom stereocenters. The van der Waals surface area contributed by atoms with Gasteiger partial charge in [-0.2, -0.15) is 4.31 Å². The lowest BCUT2D eigenvalue weighted by molar-refractivity contribution is 0.0601. The Bertz CT molecular complexity index is 924. The minimum atomic E-state index is -3.81. The summed E-state index contributed by atoms with van der Waals surface area (Å²) in [6.07, 6.45) is 1.60. The van der Waals surface area contributed by atoms with E-state index in [2.05, 4.69) is 0 Å². The molecule has 1 aliphatic heterocycles. The molecule has 1 fully saturated rings. The van der Waals surface area contributed by atoms with E-state index in [0.717, 1.165) is 12.8 Å². The van der Waals surface area contributed by atoms with Gasteiger partial charge in [0.25, 0.3) is 0 Å². The van der Waals surface area contributed by atoms with Crippen molar-refractivity contribution in [2.24, 2.45) is 5.92 Å². The summed E-state index contributed by atoms with van der Waals surface area (Å²) in [5.74, 6) is -0.821. The quantitative estimate of drug-likeness (QED) is 0.734. The zero-order chi connectivity index (χ0) is 20.1. The number of carboxylic acid groups (broad SMARTS) is 1. The lowest BCUT2D eigenvalue weighted by atomic mass is 10.0. The Morgan fingerprint density at radius 1 is 1.11 bits per heavy atom. The summed E-state index contributed by atoms with van der Waals surface area (Å²) in [7, 11) is -3.81. The van der Waals surface area contributed by atoms with Crippen LogP contribution in [0, 0.1) is 5.92 Å². The van der Waals surface area contributed by atoms with Crippen LogP contribution in [0.2, 0.25) is 5.02 Å². The van der Waals surface area contributed by atoms with Crippen molar-refractivity contribution in [1.29, 1.82) is 0 Å². The molecule has 0 aromatic heterocycles. The summed E-state index contributed by atoms with van der Waals surface area (Å²) in [6.45, 7) is 1.75. The molecule has 2 aromatic carbocycles. The van der Waals surface area contributed by atoms with E-state index in [1.165, 1.54) is 22.5 Å². The van der Waals surface area contributed by atoms with Crippen LogP contribution < -0.4 is 0 Å². The Labute approximate surface area is 169 Å². The number of rotatable bonds is 7. The number of sulfonamides is 1. The Kier molecular flexibility index (Phi) is 6.72.